The van der Waals surface area contributed by atoms with Gasteiger partial charge in [0, 0.05) is 13.6 Å². The van der Waals surface area contributed by atoms with Crippen molar-refractivity contribution in [3.05, 3.63) is 35.9 Å². The second-order valence-corrected chi connectivity index (χ2v) is 4.96. The smallest absolute Gasteiger partial charge is 0.769 e. The van der Waals surface area contributed by atoms with Crippen LogP contribution in [0.25, 0.3) is 0 Å². The Morgan fingerprint density at radius 2 is 2.00 bits per heavy atom. The monoisotopic (exact) mass is 265 g/mol. The van der Waals surface area contributed by atoms with Gasteiger partial charge >= 0.3 is 29.6 Å². The summed E-state index contributed by atoms with van der Waals surface area (Å²) in [5.41, 5.74) is 0.945. The fraction of sp³-hybridized carbons (Fsp3) is 0.300. The van der Waals surface area contributed by atoms with Crippen LogP contribution in [0.5, 0.6) is 0 Å². The van der Waals surface area contributed by atoms with Gasteiger partial charge < -0.3 is 14.3 Å². The first-order valence-corrected chi connectivity index (χ1v) is 6.65. The van der Waals surface area contributed by atoms with Gasteiger partial charge in [-0.3, -0.25) is 4.57 Å². The van der Waals surface area contributed by atoms with Crippen molar-refractivity contribution < 1.29 is 48.4 Å². The van der Waals surface area contributed by atoms with Crippen LogP contribution in [0.4, 0.5) is 0 Å². The summed E-state index contributed by atoms with van der Waals surface area (Å²) in [6, 6.07) is 9.41. The van der Waals surface area contributed by atoms with Crippen LogP contribution in [0, 0.1) is 0 Å². The van der Waals surface area contributed by atoms with E-state index in [9.17, 15) is 9.46 Å². The minimum Gasteiger partial charge on any atom is -0.769 e. The van der Waals surface area contributed by atoms with Gasteiger partial charge in [-0.25, -0.2) is 0 Å². The molecule has 1 aromatic carbocycles. The molecule has 17 heavy (non-hydrogen) atoms. The molecule has 1 atom stereocenters. The van der Waals surface area contributed by atoms with Crippen molar-refractivity contribution in [2.45, 2.75) is 13.5 Å². The number of rotatable bonds is 4. The number of oxime groups is 1. The second kappa shape index (κ2) is 7.90. The molecule has 0 aliphatic carbocycles. The molecule has 0 radical (unpaired) electrons. The van der Waals surface area contributed by atoms with E-state index in [1.165, 1.54) is 6.92 Å². The maximum absolute atomic E-state index is 10.7. The van der Waals surface area contributed by atoms with Crippen LogP contribution in [0.3, 0.4) is 0 Å². The molecule has 0 aliphatic rings. The first-order valence-electron chi connectivity index (χ1n) is 4.66. The molecule has 0 saturated carbocycles. The Labute approximate surface area is 123 Å². The van der Waals surface area contributed by atoms with Gasteiger partial charge in [0.25, 0.3) is 0 Å². The van der Waals surface area contributed by atoms with E-state index >= 15 is 0 Å². The summed E-state index contributed by atoms with van der Waals surface area (Å²) >= 11 is 0. The normalized spacial score (nSPS) is 14.4. The third-order valence-corrected chi connectivity index (χ3v) is 2.16. The molecule has 0 amide bonds. The van der Waals surface area contributed by atoms with E-state index in [-0.39, 0.29) is 42.1 Å². The van der Waals surface area contributed by atoms with Gasteiger partial charge in [0.05, 0.1) is 0 Å². The summed E-state index contributed by atoms with van der Waals surface area (Å²) in [7, 11) is -3.79. The van der Waals surface area contributed by atoms with Crippen LogP contribution in [0.15, 0.2) is 35.5 Å². The SMILES string of the molecule is CC(=NOCc1ccccc1)OP(C)(=O)[O-].[Na+]. The van der Waals surface area contributed by atoms with Gasteiger partial charge in [-0.15, -0.1) is 0 Å². The van der Waals surface area contributed by atoms with E-state index in [1.807, 2.05) is 30.3 Å². The summed E-state index contributed by atoms with van der Waals surface area (Å²) in [5, 5.41) is 3.53. The average Bonchev–Trinajstić information content (AvgIpc) is 2.16. The van der Waals surface area contributed by atoms with E-state index in [4.69, 9.17) is 4.84 Å². The summed E-state index contributed by atoms with van der Waals surface area (Å²) in [5.74, 6) is -0.0308. The molecule has 0 saturated heterocycles. The topological polar surface area (TPSA) is 71.0 Å². The Bertz CT molecular complexity index is 404. The van der Waals surface area contributed by atoms with E-state index in [2.05, 4.69) is 9.68 Å². The molecule has 0 N–H and O–H groups in total. The van der Waals surface area contributed by atoms with Crippen molar-refractivity contribution in [1.82, 2.24) is 0 Å². The quantitative estimate of drug-likeness (QED) is 0.224. The van der Waals surface area contributed by atoms with Gasteiger partial charge in [0.15, 0.2) is 7.60 Å². The standard InChI is InChI=1S/C10H14NO4P.Na/c1-9(15-16(2,12)13)11-14-8-10-6-4-3-5-7-10;/h3-7H,8H2,1-2H3,(H,12,13);/q;+1/p-1. The molecule has 1 rings (SSSR count). The van der Waals surface area contributed by atoms with Crippen molar-refractivity contribution in [2.75, 3.05) is 6.66 Å². The molecular weight excluding hydrogens is 252 g/mol. The maximum Gasteiger partial charge on any atom is 1.00 e. The number of benzene rings is 1. The van der Waals surface area contributed by atoms with Crippen molar-refractivity contribution in [2.24, 2.45) is 5.16 Å². The molecule has 0 heterocycles. The van der Waals surface area contributed by atoms with Crippen LogP contribution in [-0.4, -0.2) is 12.6 Å². The van der Waals surface area contributed by atoms with Gasteiger partial charge in [0.2, 0.25) is 5.90 Å². The first kappa shape index (κ1) is 16.7. The number of nitrogens with zero attached hydrogens (tertiary/aromatic N) is 1. The molecule has 0 spiro atoms. The van der Waals surface area contributed by atoms with E-state index in [1.54, 1.807) is 0 Å². The Morgan fingerprint density at radius 1 is 1.41 bits per heavy atom. The maximum atomic E-state index is 10.7. The Hall–Kier alpha value is -0.320. The second-order valence-electron chi connectivity index (χ2n) is 3.23. The molecule has 5 nitrogen and oxygen atoms in total. The van der Waals surface area contributed by atoms with Crippen LogP contribution >= 0.6 is 7.60 Å². The summed E-state index contributed by atoms with van der Waals surface area (Å²) < 4.78 is 15.2. The number of hydrogen-bond acceptors (Lipinski definition) is 5. The van der Waals surface area contributed by atoms with Gasteiger partial charge in [-0.2, -0.15) is 0 Å². The minimum absolute atomic E-state index is 0. The molecule has 1 unspecified atom stereocenters. The van der Waals surface area contributed by atoms with Crippen molar-refractivity contribution in [3.8, 4) is 0 Å². The van der Waals surface area contributed by atoms with Crippen LogP contribution in [0.1, 0.15) is 12.5 Å². The predicted octanol–water partition coefficient (Wildman–Crippen LogP) is -1.26. The van der Waals surface area contributed by atoms with E-state index in [0.29, 0.717) is 0 Å². The zero-order chi connectivity index (χ0) is 12.0. The molecular formula is C10H13NNaO4P. The minimum atomic E-state index is -3.79. The largest absolute Gasteiger partial charge is 1.00 e. The molecule has 0 bridgehead atoms. The van der Waals surface area contributed by atoms with Crippen molar-refractivity contribution in [1.29, 1.82) is 0 Å². The summed E-state index contributed by atoms with van der Waals surface area (Å²) in [6.07, 6.45) is 0. The van der Waals surface area contributed by atoms with Crippen LogP contribution < -0.4 is 34.5 Å². The van der Waals surface area contributed by atoms with Gasteiger partial charge in [0.1, 0.15) is 6.61 Å². The summed E-state index contributed by atoms with van der Waals surface area (Å²) in [4.78, 5) is 15.7. The first-order chi connectivity index (χ1) is 7.47. The molecule has 0 fully saturated rings. The van der Waals surface area contributed by atoms with Crippen LogP contribution in [0.2, 0.25) is 0 Å². The Balaban J connectivity index is 0.00000256. The molecule has 0 aromatic heterocycles. The number of hydrogen-bond donors (Lipinski definition) is 0. The fourth-order valence-electron chi connectivity index (χ4n) is 1.03. The third kappa shape index (κ3) is 8.41. The Morgan fingerprint density at radius 3 is 2.53 bits per heavy atom. The molecule has 7 heteroatoms. The summed E-state index contributed by atoms with van der Waals surface area (Å²) in [6.45, 7) is 2.66. The zero-order valence-corrected chi connectivity index (χ0v) is 13.0. The van der Waals surface area contributed by atoms with E-state index < -0.39 is 7.60 Å². The fourth-order valence-corrected chi connectivity index (χ4v) is 1.54. The van der Waals surface area contributed by atoms with Gasteiger partial charge in [-0.1, -0.05) is 35.5 Å². The zero-order valence-electron chi connectivity index (χ0n) is 10.1. The third-order valence-electron chi connectivity index (χ3n) is 1.57. The van der Waals surface area contributed by atoms with Gasteiger partial charge in [-0.05, 0) is 5.56 Å². The predicted molar refractivity (Wildman–Crippen MR) is 59.0 cm³/mol. The average molecular weight is 265 g/mol. The molecule has 0 aliphatic heterocycles. The molecule has 88 valence electrons. The van der Waals surface area contributed by atoms with E-state index in [0.717, 1.165) is 12.2 Å². The molecule has 1 aromatic rings. The van der Waals surface area contributed by atoms with Crippen molar-refractivity contribution >= 4 is 13.5 Å². The van der Waals surface area contributed by atoms with Crippen molar-refractivity contribution in [3.63, 3.8) is 0 Å². The van der Waals surface area contributed by atoms with Crippen LogP contribution in [-0.2, 0) is 20.5 Å². The Kier molecular flexibility index (Phi) is 7.75.